The Morgan fingerprint density at radius 2 is 2.10 bits per heavy atom. The molecule has 2 N–H and O–H groups in total. The van der Waals surface area contributed by atoms with Crippen molar-refractivity contribution in [3.05, 3.63) is 28.8 Å². The maximum Gasteiger partial charge on any atom is 0.124 e. The van der Waals surface area contributed by atoms with Crippen molar-refractivity contribution in [2.75, 3.05) is 19.8 Å². The summed E-state index contributed by atoms with van der Waals surface area (Å²) in [7, 11) is 0. The monoisotopic (exact) mass is 299 g/mol. The minimum atomic E-state index is 0.223. The van der Waals surface area contributed by atoms with Crippen LogP contribution in [0.5, 0.6) is 5.75 Å². The van der Waals surface area contributed by atoms with Gasteiger partial charge in [-0.1, -0.05) is 18.5 Å². The highest BCUT2D eigenvalue weighted by molar-refractivity contribution is 6.30. The van der Waals surface area contributed by atoms with E-state index in [4.69, 9.17) is 21.4 Å². The number of benzene rings is 1. The topological polar surface area (TPSA) is 41.5 Å². The lowest BCUT2D eigenvalue weighted by molar-refractivity contribution is 0.264. The fraction of sp³-hybridized carbons (Fsp3) is 0.625. The summed E-state index contributed by atoms with van der Waals surface area (Å²) in [6.45, 7) is 6.18. The average molecular weight is 300 g/mol. The van der Waals surface area contributed by atoms with Crippen molar-refractivity contribution in [1.29, 1.82) is 0 Å². The molecule has 0 aliphatic heterocycles. The van der Waals surface area contributed by atoms with E-state index in [1.54, 1.807) is 0 Å². The molecule has 4 heteroatoms. The molecule has 0 saturated heterocycles. The quantitative estimate of drug-likeness (QED) is 0.643. The molecular weight excluding hydrogens is 274 g/mol. The zero-order valence-corrected chi connectivity index (χ0v) is 13.2. The molecular formula is C16H26ClNO2. The first kappa shape index (κ1) is 17.3. The first-order valence-electron chi connectivity index (χ1n) is 7.45. The Balaban J connectivity index is 2.59. The molecule has 1 aromatic carbocycles. The van der Waals surface area contributed by atoms with E-state index in [1.165, 1.54) is 0 Å². The average Bonchev–Trinajstić information content (AvgIpc) is 2.45. The number of ether oxygens (including phenoxy) is 1. The smallest absolute Gasteiger partial charge is 0.124 e. The minimum absolute atomic E-state index is 0.223. The second-order valence-electron chi connectivity index (χ2n) is 4.99. The van der Waals surface area contributed by atoms with Gasteiger partial charge in [0.15, 0.2) is 0 Å². The van der Waals surface area contributed by atoms with Gasteiger partial charge in [0.25, 0.3) is 0 Å². The summed E-state index contributed by atoms with van der Waals surface area (Å²) in [6.07, 6.45) is 3.88. The van der Waals surface area contributed by atoms with Crippen LogP contribution in [0.15, 0.2) is 18.2 Å². The molecule has 1 rings (SSSR count). The van der Waals surface area contributed by atoms with E-state index in [9.17, 15) is 0 Å². The first-order valence-corrected chi connectivity index (χ1v) is 7.83. The molecule has 0 aliphatic rings. The van der Waals surface area contributed by atoms with E-state index in [0.29, 0.717) is 6.61 Å². The molecule has 0 fully saturated rings. The van der Waals surface area contributed by atoms with E-state index in [1.807, 2.05) is 18.2 Å². The number of aliphatic hydroxyl groups excluding tert-OH is 1. The number of halogens is 1. The number of nitrogens with one attached hydrogen (secondary N) is 1. The molecule has 0 saturated carbocycles. The van der Waals surface area contributed by atoms with Crippen LogP contribution >= 0.6 is 11.6 Å². The molecule has 0 amide bonds. The molecule has 20 heavy (non-hydrogen) atoms. The van der Waals surface area contributed by atoms with Crippen molar-refractivity contribution in [2.24, 2.45) is 0 Å². The molecule has 0 spiro atoms. The van der Waals surface area contributed by atoms with Crippen LogP contribution in [0.1, 0.15) is 51.1 Å². The Kier molecular flexibility index (Phi) is 8.67. The summed E-state index contributed by atoms with van der Waals surface area (Å²) < 4.78 is 5.86. The highest BCUT2D eigenvalue weighted by Gasteiger charge is 2.11. The summed E-state index contributed by atoms with van der Waals surface area (Å²) in [5, 5.41) is 12.9. The molecule has 0 bridgehead atoms. The van der Waals surface area contributed by atoms with E-state index < -0.39 is 0 Å². The summed E-state index contributed by atoms with van der Waals surface area (Å²) in [4.78, 5) is 0. The maximum absolute atomic E-state index is 8.75. The van der Waals surface area contributed by atoms with Crippen molar-refractivity contribution in [2.45, 2.75) is 45.6 Å². The molecule has 0 aromatic heterocycles. The van der Waals surface area contributed by atoms with E-state index >= 15 is 0 Å². The second kappa shape index (κ2) is 10.0. The summed E-state index contributed by atoms with van der Waals surface area (Å²) in [5.74, 6) is 0.898. The highest BCUT2D eigenvalue weighted by atomic mass is 35.5. The molecule has 1 aromatic rings. The van der Waals surface area contributed by atoms with Crippen molar-refractivity contribution in [3.8, 4) is 5.75 Å². The zero-order chi connectivity index (χ0) is 14.8. The van der Waals surface area contributed by atoms with Crippen LogP contribution in [-0.2, 0) is 0 Å². The van der Waals surface area contributed by atoms with Gasteiger partial charge in [0.05, 0.1) is 6.61 Å². The van der Waals surface area contributed by atoms with Gasteiger partial charge in [0.1, 0.15) is 5.75 Å². The molecule has 1 atom stereocenters. The minimum Gasteiger partial charge on any atom is -0.493 e. The van der Waals surface area contributed by atoms with Gasteiger partial charge in [-0.2, -0.15) is 0 Å². The van der Waals surface area contributed by atoms with Gasteiger partial charge in [-0.25, -0.2) is 0 Å². The predicted octanol–water partition coefficient (Wildman–Crippen LogP) is 3.94. The fourth-order valence-electron chi connectivity index (χ4n) is 2.03. The molecule has 0 aliphatic carbocycles. The predicted molar refractivity (Wildman–Crippen MR) is 84.6 cm³/mol. The van der Waals surface area contributed by atoms with Crippen molar-refractivity contribution in [3.63, 3.8) is 0 Å². The van der Waals surface area contributed by atoms with Crippen LogP contribution in [0.25, 0.3) is 0 Å². The van der Waals surface area contributed by atoms with Gasteiger partial charge in [-0.15, -0.1) is 0 Å². The summed E-state index contributed by atoms with van der Waals surface area (Å²) in [5.41, 5.74) is 1.10. The van der Waals surface area contributed by atoms with Gasteiger partial charge < -0.3 is 15.2 Å². The van der Waals surface area contributed by atoms with Crippen molar-refractivity contribution in [1.82, 2.24) is 5.32 Å². The third-order valence-electron chi connectivity index (χ3n) is 3.20. The van der Waals surface area contributed by atoms with Gasteiger partial charge in [-0.3, -0.25) is 0 Å². The standard InChI is InChI=1S/C16H26ClNO2/c1-3-9-18-13(2)15-12-14(17)7-8-16(15)20-11-6-4-5-10-19/h7-8,12-13,18-19H,3-6,9-11H2,1-2H3. The molecule has 3 nitrogen and oxygen atoms in total. The van der Waals surface area contributed by atoms with Crippen LogP contribution in [0, 0.1) is 0 Å². The number of hydrogen-bond acceptors (Lipinski definition) is 3. The maximum atomic E-state index is 8.75. The Hall–Kier alpha value is -0.770. The zero-order valence-electron chi connectivity index (χ0n) is 12.5. The van der Waals surface area contributed by atoms with Crippen molar-refractivity contribution < 1.29 is 9.84 Å². The van der Waals surface area contributed by atoms with Gasteiger partial charge in [0.2, 0.25) is 0 Å². The van der Waals surface area contributed by atoms with E-state index in [2.05, 4.69) is 19.2 Å². The molecule has 1 unspecified atom stereocenters. The third kappa shape index (κ3) is 6.12. The van der Waals surface area contributed by atoms with Crippen LogP contribution in [-0.4, -0.2) is 24.9 Å². The highest BCUT2D eigenvalue weighted by Crippen LogP contribution is 2.28. The Morgan fingerprint density at radius 3 is 2.80 bits per heavy atom. The van der Waals surface area contributed by atoms with Crippen LogP contribution in [0.3, 0.4) is 0 Å². The molecule has 0 heterocycles. The van der Waals surface area contributed by atoms with Crippen molar-refractivity contribution >= 4 is 11.6 Å². The van der Waals surface area contributed by atoms with E-state index in [0.717, 1.165) is 48.6 Å². The Morgan fingerprint density at radius 1 is 1.30 bits per heavy atom. The lowest BCUT2D eigenvalue weighted by Crippen LogP contribution is -2.20. The second-order valence-corrected chi connectivity index (χ2v) is 5.43. The van der Waals surface area contributed by atoms with E-state index in [-0.39, 0.29) is 12.6 Å². The SMILES string of the molecule is CCCNC(C)c1cc(Cl)ccc1OCCCCCO. The first-order chi connectivity index (χ1) is 9.69. The number of unbranched alkanes of at least 4 members (excludes halogenated alkanes) is 2. The molecule has 114 valence electrons. The number of hydrogen-bond donors (Lipinski definition) is 2. The lowest BCUT2D eigenvalue weighted by atomic mass is 10.1. The largest absolute Gasteiger partial charge is 0.493 e. The lowest BCUT2D eigenvalue weighted by Gasteiger charge is -2.18. The van der Waals surface area contributed by atoms with Crippen LogP contribution < -0.4 is 10.1 Å². The summed E-state index contributed by atoms with van der Waals surface area (Å²) >= 11 is 6.09. The summed E-state index contributed by atoms with van der Waals surface area (Å²) in [6, 6.07) is 5.99. The van der Waals surface area contributed by atoms with Gasteiger partial charge in [-0.05, 0) is 57.4 Å². The van der Waals surface area contributed by atoms with Crippen LogP contribution in [0.2, 0.25) is 5.02 Å². The fourth-order valence-corrected chi connectivity index (χ4v) is 2.21. The number of aliphatic hydroxyl groups is 1. The normalized spacial score (nSPS) is 12.4. The third-order valence-corrected chi connectivity index (χ3v) is 3.43. The van der Waals surface area contributed by atoms with Gasteiger partial charge >= 0.3 is 0 Å². The Labute approximate surface area is 127 Å². The van der Waals surface area contributed by atoms with Crippen LogP contribution in [0.4, 0.5) is 0 Å². The molecule has 0 radical (unpaired) electrons. The number of rotatable bonds is 10. The van der Waals surface area contributed by atoms with Gasteiger partial charge in [0, 0.05) is 23.2 Å². The Bertz CT molecular complexity index is 385.